The van der Waals surface area contributed by atoms with Crippen molar-refractivity contribution in [3.8, 4) is 0 Å². The zero-order valence-electron chi connectivity index (χ0n) is 16.4. The highest BCUT2D eigenvalue weighted by Gasteiger charge is 2.29. The van der Waals surface area contributed by atoms with Crippen molar-refractivity contribution >= 4 is 16.0 Å². The highest BCUT2D eigenvalue weighted by atomic mass is 32.2. The second-order valence-corrected chi connectivity index (χ2v) is 8.91. The summed E-state index contributed by atoms with van der Waals surface area (Å²) in [6, 6.07) is 11.5. The first-order chi connectivity index (χ1) is 12.6. The molecular weight excluding hydrogens is 362 g/mol. The lowest BCUT2D eigenvalue weighted by Crippen LogP contribution is -2.45. The van der Waals surface area contributed by atoms with Gasteiger partial charge in [-0.05, 0) is 49.9 Å². The van der Waals surface area contributed by atoms with E-state index in [0.717, 1.165) is 22.3 Å². The van der Waals surface area contributed by atoms with Crippen LogP contribution in [0.4, 0.5) is 0 Å². The van der Waals surface area contributed by atoms with Crippen LogP contribution in [-0.4, -0.2) is 20.4 Å². The second kappa shape index (κ2) is 8.67. The zero-order valence-corrected chi connectivity index (χ0v) is 17.3. The average molecular weight is 390 g/mol. The summed E-state index contributed by atoms with van der Waals surface area (Å²) in [5.41, 5.74) is 3.97. The van der Waals surface area contributed by atoms with Gasteiger partial charge in [0, 0.05) is 0 Å². The SMILES string of the molecule is Cc1ccc(S(=O)(=O)N[C@H](C(=O)OCc2cc(C)ccc2C)C(C)C)cc1. The first-order valence-corrected chi connectivity index (χ1v) is 10.4. The molecule has 5 nitrogen and oxygen atoms in total. The Labute approximate surface area is 161 Å². The van der Waals surface area contributed by atoms with Crippen LogP contribution in [0.25, 0.3) is 0 Å². The van der Waals surface area contributed by atoms with E-state index in [4.69, 9.17) is 4.74 Å². The van der Waals surface area contributed by atoms with Gasteiger partial charge in [0.05, 0.1) is 4.90 Å². The van der Waals surface area contributed by atoms with E-state index in [9.17, 15) is 13.2 Å². The maximum Gasteiger partial charge on any atom is 0.324 e. The van der Waals surface area contributed by atoms with Gasteiger partial charge in [0.15, 0.2) is 0 Å². The normalized spacial score (nSPS) is 12.8. The number of benzene rings is 2. The minimum absolute atomic E-state index is 0.113. The first-order valence-electron chi connectivity index (χ1n) is 8.92. The van der Waals surface area contributed by atoms with Gasteiger partial charge in [0.2, 0.25) is 10.0 Å². The molecule has 0 fully saturated rings. The Morgan fingerprint density at radius 2 is 1.59 bits per heavy atom. The Morgan fingerprint density at radius 3 is 2.19 bits per heavy atom. The molecule has 2 rings (SSSR count). The Morgan fingerprint density at radius 1 is 1.00 bits per heavy atom. The minimum Gasteiger partial charge on any atom is -0.460 e. The summed E-state index contributed by atoms with van der Waals surface area (Å²) in [6.07, 6.45) is 0. The molecule has 146 valence electrons. The monoisotopic (exact) mass is 389 g/mol. The van der Waals surface area contributed by atoms with Gasteiger partial charge in [-0.25, -0.2) is 8.42 Å². The summed E-state index contributed by atoms with van der Waals surface area (Å²) >= 11 is 0. The molecule has 2 aromatic rings. The van der Waals surface area contributed by atoms with Gasteiger partial charge in [-0.15, -0.1) is 0 Å². The second-order valence-electron chi connectivity index (χ2n) is 7.19. The summed E-state index contributed by atoms with van der Waals surface area (Å²) in [4.78, 5) is 12.7. The molecule has 0 unspecified atom stereocenters. The number of hydrogen-bond acceptors (Lipinski definition) is 4. The molecule has 0 radical (unpaired) electrons. The van der Waals surface area contributed by atoms with E-state index in [1.54, 1.807) is 26.0 Å². The van der Waals surface area contributed by atoms with Gasteiger partial charge in [0.25, 0.3) is 0 Å². The van der Waals surface area contributed by atoms with Crippen LogP contribution < -0.4 is 4.72 Å². The van der Waals surface area contributed by atoms with Crippen molar-refractivity contribution in [3.05, 3.63) is 64.7 Å². The van der Waals surface area contributed by atoms with E-state index in [1.165, 1.54) is 12.1 Å². The number of ether oxygens (including phenoxy) is 1. The van der Waals surface area contributed by atoms with E-state index in [0.29, 0.717) is 0 Å². The van der Waals surface area contributed by atoms with Crippen molar-refractivity contribution in [1.82, 2.24) is 4.72 Å². The third kappa shape index (κ3) is 5.65. The van der Waals surface area contributed by atoms with E-state index >= 15 is 0 Å². The highest BCUT2D eigenvalue weighted by molar-refractivity contribution is 7.89. The Balaban J connectivity index is 2.13. The van der Waals surface area contributed by atoms with Crippen LogP contribution in [0.5, 0.6) is 0 Å². The molecule has 0 aromatic heterocycles. The lowest BCUT2D eigenvalue weighted by molar-refractivity contribution is -0.148. The van der Waals surface area contributed by atoms with Crippen molar-refractivity contribution in [2.24, 2.45) is 5.92 Å². The molecule has 0 aliphatic rings. The molecule has 6 heteroatoms. The maximum atomic E-state index is 12.6. The van der Waals surface area contributed by atoms with Gasteiger partial charge in [-0.3, -0.25) is 4.79 Å². The summed E-state index contributed by atoms with van der Waals surface area (Å²) in [7, 11) is -3.81. The molecule has 0 heterocycles. The van der Waals surface area contributed by atoms with Crippen molar-refractivity contribution in [1.29, 1.82) is 0 Å². The van der Waals surface area contributed by atoms with Gasteiger partial charge < -0.3 is 4.74 Å². The third-order valence-corrected chi connectivity index (χ3v) is 5.87. The molecule has 0 bridgehead atoms. The van der Waals surface area contributed by atoms with Crippen LogP contribution in [0.1, 0.15) is 36.1 Å². The Kier molecular flexibility index (Phi) is 6.78. The number of rotatable bonds is 7. The van der Waals surface area contributed by atoms with Crippen LogP contribution in [0, 0.1) is 26.7 Å². The van der Waals surface area contributed by atoms with E-state index in [1.807, 2.05) is 39.0 Å². The van der Waals surface area contributed by atoms with Crippen molar-refractivity contribution in [3.63, 3.8) is 0 Å². The lowest BCUT2D eigenvalue weighted by Gasteiger charge is -2.21. The molecule has 0 amide bonds. The molecule has 1 N–H and O–H groups in total. The highest BCUT2D eigenvalue weighted by Crippen LogP contribution is 2.16. The smallest absolute Gasteiger partial charge is 0.324 e. The largest absolute Gasteiger partial charge is 0.460 e. The quantitative estimate of drug-likeness (QED) is 0.734. The Hall–Kier alpha value is -2.18. The fourth-order valence-electron chi connectivity index (χ4n) is 2.60. The lowest BCUT2D eigenvalue weighted by atomic mass is 10.1. The number of sulfonamides is 1. The molecule has 0 spiro atoms. The minimum atomic E-state index is -3.81. The van der Waals surface area contributed by atoms with E-state index < -0.39 is 22.0 Å². The summed E-state index contributed by atoms with van der Waals surface area (Å²) in [5, 5.41) is 0. The first kappa shape index (κ1) is 21.1. The molecule has 27 heavy (non-hydrogen) atoms. The molecule has 0 aliphatic carbocycles. The number of hydrogen-bond donors (Lipinski definition) is 1. The molecule has 1 atom stereocenters. The van der Waals surface area contributed by atoms with Crippen LogP contribution in [0.3, 0.4) is 0 Å². The fraction of sp³-hybridized carbons (Fsp3) is 0.381. The summed E-state index contributed by atoms with van der Waals surface area (Å²) in [6.45, 7) is 9.47. The van der Waals surface area contributed by atoms with Crippen molar-refractivity contribution in [2.45, 2.75) is 52.2 Å². The molecule has 0 saturated carbocycles. The van der Waals surface area contributed by atoms with Crippen LogP contribution in [0.15, 0.2) is 47.4 Å². The number of esters is 1. The fourth-order valence-corrected chi connectivity index (χ4v) is 3.94. The van der Waals surface area contributed by atoms with Gasteiger partial charge >= 0.3 is 5.97 Å². The van der Waals surface area contributed by atoms with Crippen LogP contribution in [-0.2, 0) is 26.2 Å². The average Bonchev–Trinajstić information content (AvgIpc) is 2.60. The summed E-state index contributed by atoms with van der Waals surface area (Å²) in [5.74, 6) is -0.835. The molecule has 0 aliphatic heterocycles. The number of carbonyl (C=O) groups excluding carboxylic acids is 1. The van der Waals surface area contributed by atoms with Crippen LogP contribution in [0.2, 0.25) is 0 Å². The van der Waals surface area contributed by atoms with Gasteiger partial charge in [-0.2, -0.15) is 4.72 Å². The number of carbonyl (C=O) groups is 1. The topological polar surface area (TPSA) is 72.5 Å². The van der Waals surface area contributed by atoms with E-state index in [2.05, 4.69) is 4.72 Å². The standard InChI is InChI=1S/C21H27NO4S/c1-14(2)20(22-27(24,25)19-10-7-15(3)8-11-19)21(23)26-13-18-12-16(4)6-9-17(18)5/h6-12,14,20,22H,13H2,1-5H3/t20-/m0/s1. The maximum absolute atomic E-state index is 12.6. The zero-order chi connectivity index (χ0) is 20.2. The van der Waals surface area contributed by atoms with Crippen LogP contribution >= 0.6 is 0 Å². The van der Waals surface area contributed by atoms with Gasteiger partial charge in [0.1, 0.15) is 12.6 Å². The van der Waals surface area contributed by atoms with Crippen molar-refractivity contribution in [2.75, 3.05) is 0 Å². The predicted molar refractivity (Wildman–Crippen MR) is 106 cm³/mol. The number of aryl methyl sites for hydroxylation is 3. The van der Waals surface area contributed by atoms with E-state index in [-0.39, 0.29) is 17.4 Å². The predicted octanol–water partition coefficient (Wildman–Crippen LogP) is 3.66. The van der Waals surface area contributed by atoms with Gasteiger partial charge in [-0.1, -0.05) is 55.3 Å². The third-order valence-electron chi connectivity index (χ3n) is 4.41. The molecular formula is C21H27NO4S. The Bertz CT molecular complexity index is 902. The number of nitrogens with one attached hydrogen (secondary N) is 1. The van der Waals surface area contributed by atoms with Crippen molar-refractivity contribution < 1.29 is 17.9 Å². The summed E-state index contributed by atoms with van der Waals surface area (Å²) < 4.78 is 33.1. The molecule has 0 saturated heterocycles. The molecule has 2 aromatic carbocycles.